The third-order valence-corrected chi connectivity index (χ3v) is 5.13. The average molecular weight is 417 g/mol. The molecule has 0 bridgehead atoms. The zero-order valence-corrected chi connectivity index (χ0v) is 17.0. The summed E-state index contributed by atoms with van der Waals surface area (Å²) in [6.45, 7) is 2.62. The largest absolute Gasteiger partial charge is 0.463 e. The van der Waals surface area contributed by atoms with Crippen LogP contribution in [0.5, 0.6) is 11.5 Å². The highest BCUT2D eigenvalue weighted by molar-refractivity contribution is 5.56. The Labute approximate surface area is 180 Å². The van der Waals surface area contributed by atoms with Crippen LogP contribution >= 0.6 is 0 Å². The predicted octanol–water partition coefficient (Wildman–Crippen LogP) is 4.96. The van der Waals surface area contributed by atoms with Gasteiger partial charge in [0.1, 0.15) is 0 Å². The van der Waals surface area contributed by atoms with Crippen LogP contribution in [-0.2, 0) is 6.54 Å². The number of benzene rings is 1. The Morgan fingerprint density at radius 3 is 2.68 bits per heavy atom. The number of allylic oxidation sites excluding steroid dienone is 4. The van der Waals surface area contributed by atoms with Crippen LogP contribution in [0.3, 0.4) is 0 Å². The number of furan rings is 1. The normalized spacial score (nSPS) is 14.3. The van der Waals surface area contributed by atoms with Gasteiger partial charge in [0.05, 0.1) is 6.26 Å². The van der Waals surface area contributed by atoms with E-state index in [0.717, 1.165) is 36.6 Å². The Morgan fingerprint density at radius 2 is 1.84 bits per heavy atom. The molecule has 0 aliphatic carbocycles. The van der Waals surface area contributed by atoms with Crippen LogP contribution in [0.2, 0.25) is 0 Å². The van der Waals surface area contributed by atoms with Gasteiger partial charge in [-0.2, -0.15) is 0 Å². The number of anilines is 1. The van der Waals surface area contributed by atoms with Gasteiger partial charge >= 0.3 is 0 Å². The van der Waals surface area contributed by atoms with Gasteiger partial charge in [0.15, 0.2) is 23.0 Å². The van der Waals surface area contributed by atoms with E-state index in [1.807, 2.05) is 54.6 Å². The maximum Gasteiger partial charge on any atom is 0.231 e. The minimum atomic E-state index is 0.267. The maximum absolute atomic E-state index is 5.69. The molecule has 0 atom stereocenters. The molecule has 0 spiro atoms. The number of hydrogen-bond donors (Lipinski definition) is 0. The highest BCUT2D eigenvalue weighted by Gasteiger charge is 2.18. The summed E-state index contributed by atoms with van der Waals surface area (Å²) in [4.78, 5) is 4.36. The van der Waals surface area contributed by atoms with Gasteiger partial charge in [0, 0.05) is 38.1 Å². The Bertz CT molecular complexity index is 1080. The predicted molar refractivity (Wildman–Crippen MR) is 117 cm³/mol. The van der Waals surface area contributed by atoms with E-state index in [4.69, 9.17) is 18.4 Å². The lowest BCUT2D eigenvalue weighted by Crippen LogP contribution is -2.26. The van der Waals surface area contributed by atoms with E-state index >= 15 is 0 Å². The smallest absolute Gasteiger partial charge is 0.231 e. The van der Waals surface area contributed by atoms with Crippen LogP contribution in [0.25, 0.3) is 11.5 Å². The van der Waals surface area contributed by atoms with Crippen LogP contribution in [-0.4, -0.2) is 29.9 Å². The number of hydrogen-bond acceptors (Lipinski definition) is 7. The molecule has 31 heavy (non-hydrogen) atoms. The zero-order valence-electron chi connectivity index (χ0n) is 17.0. The molecule has 0 saturated heterocycles. The molecule has 158 valence electrons. The first-order valence-corrected chi connectivity index (χ1v) is 10.3. The molecule has 2 aromatic heterocycles. The lowest BCUT2D eigenvalue weighted by Gasteiger charge is -2.23. The van der Waals surface area contributed by atoms with Gasteiger partial charge in [-0.1, -0.05) is 23.4 Å². The highest BCUT2D eigenvalue weighted by atomic mass is 16.7. The first-order valence-electron chi connectivity index (χ1n) is 10.3. The molecule has 0 N–H and O–H groups in total. The zero-order chi connectivity index (χ0) is 20.9. The van der Waals surface area contributed by atoms with E-state index in [2.05, 4.69) is 33.4 Å². The number of ether oxygens (including phenoxy) is 2. The van der Waals surface area contributed by atoms with Gasteiger partial charge < -0.3 is 28.2 Å². The number of aromatic nitrogens is 1. The molecular weight excluding hydrogens is 394 g/mol. The van der Waals surface area contributed by atoms with E-state index in [1.165, 1.54) is 0 Å². The molecule has 0 unspecified atom stereocenters. The molecule has 7 nitrogen and oxygen atoms in total. The number of rotatable bonds is 8. The second-order valence-electron chi connectivity index (χ2n) is 7.30. The molecule has 0 fully saturated rings. The topological polar surface area (TPSA) is 64.1 Å². The van der Waals surface area contributed by atoms with E-state index < -0.39 is 0 Å². The van der Waals surface area contributed by atoms with Crippen molar-refractivity contribution in [1.29, 1.82) is 0 Å². The number of fused-ring (bicyclic) bond motifs is 1. The second kappa shape index (κ2) is 8.87. The minimum absolute atomic E-state index is 0.267. The Hall–Kier alpha value is -3.87. The standard InChI is InChI=1S/C24H23N3O4/c1-2-4-11-26(10-3-1)12-6-13-27(17-19-8-9-22-23(15-19)30-18-29-22)24-16-20(25-31-24)21-7-5-14-28-21/h1-5,7-11,14-16H,6,12-13,17-18H2. The fraction of sp³-hybridized carbons (Fsp3) is 0.208. The Kier molecular flexibility index (Phi) is 5.47. The first-order chi connectivity index (χ1) is 15.3. The molecule has 0 saturated carbocycles. The summed E-state index contributed by atoms with van der Waals surface area (Å²) >= 11 is 0. The van der Waals surface area contributed by atoms with E-state index in [9.17, 15) is 0 Å². The van der Waals surface area contributed by atoms with Crippen LogP contribution in [0.4, 0.5) is 5.88 Å². The summed E-state index contributed by atoms with van der Waals surface area (Å²) in [5.41, 5.74) is 1.79. The van der Waals surface area contributed by atoms with Crippen molar-refractivity contribution >= 4 is 5.88 Å². The molecule has 3 aromatic rings. The van der Waals surface area contributed by atoms with Crippen LogP contribution in [0.15, 0.2) is 88.3 Å². The monoisotopic (exact) mass is 417 g/mol. The minimum Gasteiger partial charge on any atom is -0.463 e. The van der Waals surface area contributed by atoms with Crippen molar-refractivity contribution in [2.75, 3.05) is 24.8 Å². The van der Waals surface area contributed by atoms with Gasteiger partial charge in [0.2, 0.25) is 12.7 Å². The summed E-state index contributed by atoms with van der Waals surface area (Å²) in [7, 11) is 0. The first kappa shape index (κ1) is 19.1. The third-order valence-electron chi connectivity index (χ3n) is 5.13. The molecule has 0 amide bonds. The van der Waals surface area contributed by atoms with E-state index in [0.29, 0.717) is 23.9 Å². The Morgan fingerprint density at radius 1 is 0.968 bits per heavy atom. The van der Waals surface area contributed by atoms with Gasteiger partial charge in [-0.05, 0) is 48.4 Å². The van der Waals surface area contributed by atoms with E-state index in [1.54, 1.807) is 6.26 Å². The summed E-state index contributed by atoms with van der Waals surface area (Å²) in [6.07, 6.45) is 14.8. The molecule has 7 heteroatoms. The lowest BCUT2D eigenvalue weighted by molar-refractivity contribution is 0.174. The van der Waals surface area contributed by atoms with E-state index in [-0.39, 0.29) is 6.79 Å². The van der Waals surface area contributed by atoms with Crippen molar-refractivity contribution in [3.8, 4) is 23.0 Å². The van der Waals surface area contributed by atoms with Crippen molar-refractivity contribution in [1.82, 2.24) is 10.1 Å². The molecule has 1 aromatic carbocycles. The highest BCUT2D eigenvalue weighted by Crippen LogP contribution is 2.33. The third kappa shape index (κ3) is 4.50. The molecular formula is C24H23N3O4. The van der Waals surface area contributed by atoms with Gasteiger partial charge in [-0.3, -0.25) is 0 Å². The van der Waals surface area contributed by atoms with Gasteiger partial charge in [-0.15, -0.1) is 0 Å². The van der Waals surface area contributed by atoms with Crippen LogP contribution in [0.1, 0.15) is 12.0 Å². The summed E-state index contributed by atoms with van der Waals surface area (Å²) in [5, 5.41) is 4.19. The number of nitrogens with zero attached hydrogens (tertiary/aromatic N) is 3. The van der Waals surface area contributed by atoms with Gasteiger partial charge in [-0.25, -0.2) is 0 Å². The SMILES string of the molecule is C1=CC=CN(CCCN(Cc2ccc3c(c2)OCO3)c2cc(-c3ccco3)no2)C=C1. The maximum atomic E-state index is 5.69. The fourth-order valence-electron chi connectivity index (χ4n) is 3.57. The summed E-state index contributed by atoms with van der Waals surface area (Å²) in [6, 6.07) is 11.6. The summed E-state index contributed by atoms with van der Waals surface area (Å²) in [5.74, 6) is 2.94. The quantitative estimate of drug-likeness (QED) is 0.513. The molecule has 2 aliphatic rings. The van der Waals surface area contributed by atoms with Crippen molar-refractivity contribution in [3.05, 3.63) is 84.9 Å². The molecule has 0 radical (unpaired) electrons. The van der Waals surface area contributed by atoms with Crippen LogP contribution in [0, 0.1) is 0 Å². The van der Waals surface area contributed by atoms with Crippen molar-refractivity contribution in [2.24, 2.45) is 0 Å². The van der Waals surface area contributed by atoms with Crippen molar-refractivity contribution < 1.29 is 18.4 Å². The Balaban J connectivity index is 1.32. The molecule has 5 rings (SSSR count). The average Bonchev–Trinajstić information content (AvgIpc) is 3.53. The van der Waals surface area contributed by atoms with Crippen molar-refractivity contribution in [2.45, 2.75) is 13.0 Å². The van der Waals surface area contributed by atoms with Crippen LogP contribution < -0.4 is 14.4 Å². The van der Waals surface area contributed by atoms with Crippen molar-refractivity contribution in [3.63, 3.8) is 0 Å². The van der Waals surface area contributed by atoms with Gasteiger partial charge in [0.25, 0.3) is 0 Å². The fourth-order valence-corrected chi connectivity index (χ4v) is 3.57. The summed E-state index contributed by atoms with van der Waals surface area (Å²) < 4.78 is 22.1. The second-order valence-corrected chi connectivity index (χ2v) is 7.30. The molecule has 4 heterocycles. The molecule has 2 aliphatic heterocycles. The lowest BCUT2D eigenvalue weighted by atomic mass is 10.2.